The molecule has 0 unspecified atom stereocenters. The number of nitrogens with two attached hydrogens (primary N) is 1. The first-order chi connectivity index (χ1) is 5.75. The molecule has 4 N–H and O–H groups in total. The van der Waals surface area contributed by atoms with Crippen molar-refractivity contribution < 1.29 is 9.90 Å². The Morgan fingerprint density at radius 3 is 2.31 bits per heavy atom. The summed E-state index contributed by atoms with van der Waals surface area (Å²) in [6.07, 6.45) is -0.531. The monoisotopic (exact) mass is 188 g/mol. The third-order valence-corrected chi connectivity index (χ3v) is 1.79. The lowest BCUT2D eigenvalue weighted by atomic mass is 9.87. The number of hydrogen-bond donors (Lipinski definition) is 3. The third-order valence-electron chi connectivity index (χ3n) is 1.79. The maximum atomic E-state index is 11.3. The molecule has 0 saturated carbocycles. The Balaban J connectivity index is 3.98. The Labute approximate surface area is 79.5 Å². The van der Waals surface area contributed by atoms with Crippen LogP contribution in [0.1, 0.15) is 27.7 Å². The van der Waals surface area contributed by atoms with Crippen LogP contribution in [0, 0.1) is 5.41 Å². The van der Waals surface area contributed by atoms with Crippen molar-refractivity contribution in [3.63, 3.8) is 0 Å². The molecule has 0 fully saturated rings. The van der Waals surface area contributed by atoms with Crippen LogP contribution in [-0.2, 0) is 4.79 Å². The molecule has 0 bridgehead atoms. The lowest BCUT2D eigenvalue weighted by Crippen LogP contribution is -2.49. The molecular formula is C9H20N2O2. The van der Waals surface area contributed by atoms with Crippen molar-refractivity contribution in [3.8, 4) is 0 Å². The number of hydrogen-bond acceptors (Lipinski definition) is 3. The minimum absolute atomic E-state index is 0.214. The van der Waals surface area contributed by atoms with E-state index in [1.165, 1.54) is 0 Å². The van der Waals surface area contributed by atoms with Gasteiger partial charge in [-0.1, -0.05) is 20.8 Å². The minimum Gasteiger partial charge on any atom is -0.392 e. The summed E-state index contributed by atoms with van der Waals surface area (Å²) >= 11 is 0. The van der Waals surface area contributed by atoms with E-state index < -0.39 is 12.1 Å². The number of amides is 1. The van der Waals surface area contributed by atoms with E-state index in [2.05, 4.69) is 5.32 Å². The summed E-state index contributed by atoms with van der Waals surface area (Å²) in [6, 6.07) is -0.536. The Bertz CT molecular complexity index is 173. The number of carbonyl (C=O) groups is 1. The van der Waals surface area contributed by atoms with Crippen LogP contribution in [-0.4, -0.2) is 29.7 Å². The van der Waals surface area contributed by atoms with Crippen LogP contribution < -0.4 is 11.1 Å². The van der Waals surface area contributed by atoms with Gasteiger partial charge in [-0.3, -0.25) is 4.79 Å². The summed E-state index contributed by atoms with van der Waals surface area (Å²) in [5.41, 5.74) is 5.44. The maximum Gasteiger partial charge on any atom is 0.237 e. The second-order valence-corrected chi connectivity index (χ2v) is 4.44. The average Bonchev–Trinajstić information content (AvgIpc) is 1.96. The highest BCUT2D eigenvalue weighted by atomic mass is 16.3. The van der Waals surface area contributed by atoms with Gasteiger partial charge in [-0.2, -0.15) is 0 Å². The molecule has 0 aliphatic carbocycles. The fourth-order valence-corrected chi connectivity index (χ4v) is 0.752. The number of nitrogens with one attached hydrogen (secondary N) is 1. The van der Waals surface area contributed by atoms with Crippen LogP contribution >= 0.6 is 0 Å². The van der Waals surface area contributed by atoms with Crippen LogP contribution in [0.3, 0.4) is 0 Å². The molecule has 4 nitrogen and oxygen atoms in total. The normalized spacial score (nSPS) is 16.5. The number of rotatable bonds is 3. The van der Waals surface area contributed by atoms with E-state index in [4.69, 9.17) is 10.8 Å². The predicted molar refractivity (Wildman–Crippen MR) is 52.1 cm³/mol. The first-order valence-electron chi connectivity index (χ1n) is 4.46. The van der Waals surface area contributed by atoms with Crippen molar-refractivity contribution in [1.29, 1.82) is 0 Å². The molecule has 4 heteroatoms. The van der Waals surface area contributed by atoms with Gasteiger partial charge in [-0.05, 0) is 12.3 Å². The first-order valence-corrected chi connectivity index (χ1v) is 4.46. The average molecular weight is 188 g/mol. The molecule has 1 amide bonds. The summed E-state index contributed by atoms with van der Waals surface area (Å²) in [5.74, 6) is -0.214. The van der Waals surface area contributed by atoms with Gasteiger partial charge in [0.25, 0.3) is 0 Å². The minimum atomic E-state index is -0.536. The molecule has 0 heterocycles. The largest absolute Gasteiger partial charge is 0.392 e. The van der Waals surface area contributed by atoms with Gasteiger partial charge in [-0.25, -0.2) is 0 Å². The molecule has 0 saturated heterocycles. The van der Waals surface area contributed by atoms with E-state index in [1.54, 1.807) is 6.92 Å². The molecule has 13 heavy (non-hydrogen) atoms. The van der Waals surface area contributed by atoms with Crippen LogP contribution in [0.4, 0.5) is 0 Å². The van der Waals surface area contributed by atoms with E-state index >= 15 is 0 Å². The van der Waals surface area contributed by atoms with Crippen molar-refractivity contribution in [2.24, 2.45) is 11.1 Å². The number of carbonyl (C=O) groups excluding carboxylic acids is 1. The molecule has 0 aromatic carbocycles. The molecule has 2 atom stereocenters. The summed E-state index contributed by atoms with van der Waals surface area (Å²) in [4.78, 5) is 11.3. The summed E-state index contributed by atoms with van der Waals surface area (Å²) in [6.45, 7) is 7.57. The molecular weight excluding hydrogens is 168 g/mol. The van der Waals surface area contributed by atoms with Crippen molar-refractivity contribution >= 4 is 5.91 Å². The van der Waals surface area contributed by atoms with Crippen molar-refractivity contribution in [3.05, 3.63) is 0 Å². The molecule has 0 aliphatic rings. The van der Waals surface area contributed by atoms with E-state index in [0.717, 1.165) is 0 Å². The van der Waals surface area contributed by atoms with Crippen molar-refractivity contribution in [2.75, 3.05) is 6.54 Å². The van der Waals surface area contributed by atoms with Crippen molar-refractivity contribution in [2.45, 2.75) is 39.8 Å². The molecule has 0 rings (SSSR count). The number of aliphatic hydroxyl groups excluding tert-OH is 1. The highest BCUT2D eigenvalue weighted by Crippen LogP contribution is 2.16. The summed E-state index contributed by atoms with van der Waals surface area (Å²) in [5, 5.41) is 11.5. The number of aliphatic hydroxyl groups is 1. The Kier molecular flexibility index (Phi) is 4.36. The van der Waals surface area contributed by atoms with Crippen LogP contribution in [0.5, 0.6) is 0 Å². The lowest BCUT2D eigenvalue weighted by molar-refractivity contribution is -0.124. The Morgan fingerprint density at radius 2 is 2.00 bits per heavy atom. The van der Waals surface area contributed by atoms with E-state index in [-0.39, 0.29) is 17.9 Å². The van der Waals surface area contributed by atoms with Gasteiger partial charge in [0, 0.05) is 6.54 Å². The molecule has 0 aliphatic heterocycles. The first kappa shape index (κ1) is 12.4. The van der Waals surface area contributed by atoms with Crippen LogP contribution in [0.2, 0.25) is 0 Å². The molecule has 78 valence electrons. The van der Waals surface area contributed by atoms with Crippen molar-refractivity contribution in [1.82, 2.24) is 5.32 Å². The predicted octanol–water partition coefficient (Wildman–Crippen LogP) is -0.143. The summed E-state index contributed by atoms with van der Waals surface area (Å²) in [7, 11) is 0. The van der Waals surface area contributed by atoms with Gasteiger partial charge < -0.3 is 16.2 Å². The lowest BCUT2D eigenvalue weighted by Gasteiger charge is -2.26. The Hall–Kier alpha value is -0.610. The molecule has 0 spiro atoms. The quantitative estimate of drug-likeness (QED) is 0.577. The topological polar surface area (TPSA) is 75.3 Å². The standard InChI is InChI=1S/C9H20N2O2/c1-6(12)5-11-8(13)7(10)9(2,3)4/h6-7,12H,5,10H2,1-4H3,(H,11,13)/t6-,7+/m0/s1. The van der Waals surface area contributed by atoms with E-state index in [1.807, 2.05) is 20.8 Å². The van der Waals surface area contributed by atoms with E-state index in [9.17, 15) is 4.79 Å². The molecule has 0 aromatic rings. The second-order valence-electron chi connectivity index (χ2n) is 4.44. The second kappa shape index (κ2) is 4.58. The fourth-order valence-electron chi connectivity index (χ4n) is 0.752. The van der Waals surface area contributed by atoms with Gasteiger partial charge in [-0.15, -0.1) is 0 Å². The van der Waals surface area contributed by atoms with E-state index in [0.29, 0.717) is 0 Å². The zero-order valence-corrected chi connectivity index (χ0v) is 8.79. The van der Waals surface area contributed by atoms with Gasteiger partial charge in [0.05, 0.1) is 12.1 Å². The zero-order valence-electron chi connectivity index (χ0n) is 8.79. The highest BCUT2D eigenvalue weighted by molar-refractivity contribution is 5.82. The highest BCUT2D eigenvalue weighted by Gasteiger charge is 2.27. The smallest absolute Gasteiger partial charge is 0.237 e. The van der Waals surface area contributed by atoms with Gasteiger partial charge in [0.1, 0.15) is 0 Å². The SMILES string of the molecule is C[C@H](O)CNC(=O)[C@@H](N)C(C)(C)C. The van der Waals surface area contributed by atoms with Gasteiger partial charge in [0.2, 0.25) is 5.91 Å². The Morgan fingerprint density at radius 1 is 1.54 bits per heavy atom. The van der Waals surface area contributed by atoms with Gasteiger partial charge >= 0.3 is 0 Å². The van der Waals surface area contributed by atoms with Crippen LogP contribution in [0.15, 0.2) is 0 Å². The third kappa shape index (κ3) is 4.85. The fraction of sp³-hybridized carbons (Fsp3) is 0.889. The molecule has 0 radical (unpaired) electrons. The zero-order chi connectivity index (χ0) is 10.6. The van der Waals surface area contributed by atoms with Gasteiger partial charge in [0.15, 0.2) is 0 Å². The maximum absolute atomic E-state index is 11.3. The summed E-state index contributed by atoms with van der Waals surface area (Å²) < 4.78 is 0. The van der Waals surface area contributed by atoms with Crippen LogP contribution in [0.25, 0.3) is 0 Å². The molecule has 0 aromatic heterocycles.